The zero-order valence-corrected chi connectivity index (χ0v) is 16.6. The first-order valence-corrected chi connectivity index (χ1v) is 10.3. The van der Waals surface area contributed by atoms with Crippen molar-refractivity contribution in [3.63, 3.8) is 0 Å². The fourth-order valence-electron chi connectivity index (χ4n) is 4.59. The van der Waals surface area contributed by atoms with Crippen LogP contribution in [0.5, 0.6) is 0 Å². The van der Waals surface area contributed by atoms with E-state index in [-0.39, 0.29) is 29.7 Å². The van der Waals surface area contributed by atoms with Crippen LogP contribution in [0.1, 0.15) is 55.7 Å². The van der Waals surface area contributed by atoms with Crippen LogP contribution in [-0.4, -0.2) is 18.4 Å². The monoisotopic (exact) mass is 380 g/mol. The van der Waals surface area contributed by atoms with Crippen LogP contribution in [0.2, 0.25) is 0 Å². The second-order valence-corrected chi connectivity index (χ2v) is 8.04. The molecule has 5 nitrogen and oxygen atoms in total. The van der Waals surface area contributed by atoms with Gasteiger partial charge in [-0.05, 0) is 56.9 Å². The Labute approximate surface area is 166 Å². The van der Waals surface area contributed by atoms with Gasteiger partial charge < -0.3 is 14.6 Å². The van der Waals surface area contributed by atoms with Crippen LogP contribution >= 0.6 is 0 Å². The van der Waals surface area contributed by atoms with Crippen molar-refractivity contribution in [1.29, 1.82) is 0 Å². The van der Waals surface area contributed by atoms with E-state index >= 15 is 0 Å². The molecule has 0 spiro atoms. The predicted molar refractivity (Wildman–Crippen MR) is 108 cm³/mol. The quantitative estimate of drug-likeness (QED) is 0.866. The van der Waals surface area contributed by atoms with Gasteiger partial charge in [0.05, 0.1) is 12.0 Å². The van der Waals surface area contributed by atoms with Crippen molar-refractivity contribution in [1.82, 2.24) is 5.32 Å². The maximum Gasteiger partial charge on any atom is 0.230 e. The smallest absolute Gasteiger partial charge is 0.230 e. The molecule has 2 amide bonds. The Hall–Kier alpha value is -2.56. The van der Waals surface area contributed by atoms with Crippen molar-refractivity contribution in [2.24, 2.45) is 11.8 Å². The number of para-hydroxylation sites is 1. The highest BCUT2D eigenvalue weighted by Gasteiger charge is 2.40. The molecule has 1 N–H and O–H groups in total. The SMILES string of the molecule is Cc1ccc(C(C)NC(=O)C2CCCCC2C(=O)N2CCc3ccccc32)o1. The molecule has 3 atom stereocenters. The van der Waals surface area contributed by atoms with Crippen LogP contribution in [0, 0.1) is 18.8 Å². The van der Waals surface area contributed by atoms with E-state index in [0.717, 1.165) is 49.3 Å². The van der Waals surface area contributed by atoms with E-state index in [2.05, 4.69) is 11.4 Å². The molecule has 0 saturated heterocycles. The van der Waals surface area contributed by atoms with Gasteiger partial charge in [-0.15, -0.1) is 0 Å². The summed E-state index contributed by atoms with van der Waals surface area (Å²) in [5, 5.41) is 3.07. The normalized spacial score (nSPS) is 22.6. The third-order valence-corrected chi connectivity index (χ3v) is 6.12. The first-order chi connectivity index (χ1) is 13.5. The minimum Gasteiger partial charge on any atom is -0.464 e. The average Bonchev–Trinajstić information content (AvgIpc) is 3.33. The highest BCUT2D eigenvalue weighted by Crippen LogP contribution is 2.36. The first kappa shape index (κ1) is 18.8. The van der Waals surface area contributed by atoms with Crippen LogP contribution in [0.25, 0.3) is 0 Å². The summed E-state index contributed by atoms with van der Waals surface area (Å²) in [7, 11) is 0. The van der Waals surface area contributed by atoms with Crippen molar-refractivity contribution in [3.8, 4) is 0 Å². The number of amides is 2. The molecule has 148 valence electrons. The molecule has 1 fully saturated rings. The molecule has 1 aromatic heterocycles. The highest BCUT2D eigenvalue weighted by atomic mass is 16.3. The maximum absolute atomic E-state index is 13.4. The molecular weight excluding hydrogens is 352 g/mol. The van der Waals surface area contributed by atoms with Crippen molar-refractivity contribution in [3.05, 3.63) is 53.5 Å². The Bertz CT molecular complexity index is 872. The third-order valence-electron chi connectivity index (χ3n) is 6.12. The molecule has 2 heterocycles. The molecule has 2 aliphatic rings. The lowest BCUT2D eigenvalue weighted by Gasteiger charge is -2.33. The van der Waals surface area contributed by atoms with E-state index in [4.69, 9.17) is 4.42 Å². The number of fused-ring (bicyclic) bond motifs is 1. The Morgan fingerprint density at radius 2 is 1.86 bits per heavy atom. The molecule has 1 aliphatic heterocycles. The van der Waals surface area contributed by atoms with Crippen LogP contribution in [0.3, 0.4) is 0 Å². The first-order valence-electron chi connectivity index (χ1n) is 10.3. The zero-order valence-electron chi connectivity index (χ0n) is 16.6. The fraction of sp³-hybridized carbons (Fsp3) is 0.478. The van der Waals surface area contributed by atoms with Gasteiger partial charge in [0.25, 0.3) is 0 Å². The Morgan fingerprint density at radius 1 is 1.11 bits per heavy atom. The van der Waals surface area contributed by atoms with Crippen LogP contribution in [0.4, 0.5) is 5.69 Å². The molecule has 5 heteroatoms. The number of carbonyl (C=O) groups excluding carboxylic acids is 2. The number of nitrogens with one attached hydrogen (secondary N) is 1. The highest BCUT2D eigenvalue weighted by molar-refractivity contribution is 5.99. The number of hydrogen-bond donors (Lipinski definition) is 1. The Kier molecular flexibility index (Phi) is 5.25. The molecule has 4 rings (SSSR count). The second-order valence-electron chi connectivity index (χ2n) is 8.04. The largest absolute Gasteiger partial charge is 0.464 e. The van der Waals surface area contributed by atoms with Gasteiger partial charge in [0, 0.05) is 18.2 Å². The maximum atomic E-state index is 13.4. The number of benzene rings is 1. The van der Waals surface area contributed by atoms with E-state index in [9.17, 15) is 9.59 Å². The second kappa shape index (κ2) is 7.82. The summed E-state index contributed by atoms with van der Waals surface area (Å²) in [4.78, 5) is 28.3. The minimum absolute atomic E-state index is 0.0351. The van der Waals surface area contributed by atoms with Gasteiger partial charge in [-0.3, -0.25) is 9.59 Å². The van der Waals surface area contributed by atoms with E-state index < -0.39 is 0 Å². The molecule has 2 aromatic rings. The topological polar surface area (TPSA) is 62.6 Å². The lowest BCUT2D eigenvalue weighted by atomic mass is 9.77. The third kappa shape index (κ3) is 3.58. The molecular formula is C23H28N2O3. The van der Waals surface area contributed by atoms with Crippen molar-refractivity contribution in [2.45, 2.75) is 52.0 Å². The summed E-state index contributed by atoms with van der Waals surface area (Å²) in [6.07, 6.45) is 4.43. The summed E-state index contributed by atoms with van der Waals surface area (Å²) < 4.78 is 5.64. The minimum atomic E-state index is -0.271. The number of nitrogens with zero attached hydrogens (tertiary/aromatic N) is 1. The summed E-state index contributed by atoms with van der Waals surface area (Å²) in [6, 6.07) is 11.7. The molecule has 1 aliphatic carbocycles. The summed E-state index contributed by atoms with van der Waals surface area (Å²) in [5.41, 5.74) is 2.23. The van der Waals surface area contributed by atoms with Gasteiger partial charge in [0.15, 0.2) is 0 Å². The van der Waals surface area contributed by atoms with E-state index in [0.29, 0.717) is 6.54 Å². The van der Waals surface area contributed by atoms with Gasteiger partial charge in [-0.25, -0.2) is 0 Å². The average molecular weight is 380 g/mol. The van der Waals surface area contributed by atoms with Crippen molar-refractivity contribution >= 4 is 17.5 Å². The molecule has 1 aromatic carbocycles. The Balaban J connectivity index is 1.48. The predicted octanol–water partition coefficient (Wildman–Crippen LogP) is 4.16. The standard InChI is InChI=1S/C23H28N2O3/c1-15-11-12-21(28-15)16(2)24-22(26)18-8-4-5-9-19(18)23(27)25-14-13-17-7-3-6-10-20(17)25/h3,6-7,10-12,16,18-19H,4-5,8-9,13-14H2,1-2H3,(H,24,26). The van der Waals surface area contributed by atoms with Gasteiger partial charge in [-0.2, -0.15) is 0 Å². The number of aryl methyl sites for hydroxylation is 1. The number of carbonyl (C=O) groups is 2. The lowest BCUT2D eigenvalue weighted by Crippen LogP contribution is -2.45. The van der Waals surface area contributed by atoms with E-state index in [1.165, 1.54) is 5.56 Å². The van der Waals surface area contributed by atoms with Gasteiger partial charge in [0.2, 0.25) is 11.8 Å². The zero-order chi connectivity index (χ0) is 19.7. The molecule has 28 heavy (non-hydrogen) atoms. The van der Waals surface area contributed by atoms with Gasteiger partial charge >= 0.3 is 0 Å². The summed E-state index contributed by atoms with van der Waals surface area (Å²) >= 11 is 0. The lowest BCUT2D eigenvalue weighted by molar-refractivity contribution is -0.135. The fourth-order valence-corrected chi connectivity index (χ4v) is 4.59. The number of anilines is 1. The van der Waals surface area contributed by atoms with E-state index in [1.807, 2.05) is 49.1 Å². The van der Waals surface area contributed by atoms with Crippen LogP contribution < -0.4 is 10.2 Å². The molecule has 0 radical (unpaired) electrons. The van der Waals surface area contributed by atoms with Gasteiger partial charge in [0.1, 0.15) is 11.5 Å². The summed E-state index contributed by atoms with van der Waals surface area (Å²) in [6.45, 7) is 4.53. The van der Waals surface area contributed by atoms with Crippen molar-refractivity contribution in [2.75, 3.05) is 11.4 Å². The number of rotatable bonds is 4. The van der Waals surface area contributed by atoms with Gasteiger partial charge in [-0.1, -0.05) is 31.0 Å². The molecule has 1 saturated carbocycles. The number of hydrogen-bond acceptors (Lipinski definition) is 3. The molecule has 3 unspecified atom stereocenters. The molecule has 0 bridgehead atoms. The van der Waals surface area contributed by atoms with Crippen LogP contribution in [0.15, 0.2) is 40.8 Å². The Morgan fingerprint density at radius 3 is 2.61 bits per heavy atom. The summed E-state index contributed by atoms with van der Waals surface area (Å²) in [5.74, 6) is 1.13. The van der Waals surface area contributed by atoms with E-state index in [1.54, 1.807) is 0 Å². The number of furan rings is 1. The van der Waals surface area contributed by atoms with Crippen LogP contribution in [-0.2, 0) is 16.0 Å². The van der Waals surface area contributed by atoms with Crippen molar-refractivity contribution < 1.29 is 14.0 Å².